The van der Waals surface area contributed by atoms with E-state index in [2.05, 4.69) is 5.32 Å². The van der Waals surface area contributed by atoms with Crippen LogP contribution in [-0.4, -0.2) is 52.0 Å². The Morgan fingerprint density at radius 2 is 1.63 bits per heavy atom. The van der Waals surface area contributed by atoms with Crippen LogP contribution in [0.25, 0.3) is 0 Å². The number of nitrogens with one attached hydrogen (secondary N) is 1. The zero-order valence-electron chi connectivity index (χ0n) is 14.6. The van der Waals surface area contributed by atoms with Crippen LogP contribution in [-0.2, 0) is 0 Å². The summed E-state index contributed by atoms with van der Waals surface area (Å²) in [6.07, 6.45) is 1.17. The van der Waals surface area contributed by atoms with Gasteiger partial charge in [-0.05, 0) is 43.2 Å². The fraction of sp³-hybridized carbons (Fsp3) is 0.250. The molecule has 140 valence electrons. The first kappa shape index (κ1) is 18.4. The second-order valence-electron chi connectivity index (χ2n) is 6.44. The third-order valence-corrected chi connectivity index (χ3v) is 4.62. The van der Waals surface area contributed by atoms with Gasteiger partial charge in [0, 0.05) is 24.7 Å². The van der Waals surface area contributed by atoms with Crippen molar-refractivity contribution in [1.82, 2.24) is 10.2 Å². The topological polar surface area (TPSA) is 107 Å². The number of rotatable bonds is 4. The quantitative estimate of drug-likeness (QED) is 0.766. The Labute approximate surface area is 156 Å². The van der Waals surface area contributed by atoms with Gasteiger partial charge in [-0.2, -0.15) is 0 Å². The lowest BCUT2D eigenvalue weighted by Gasteiger charge is -2.32. The third kappa shape index (κ3) is 4.25. The molecule has 1 heterocycles. The van der Waals surface area contributed by atoms with E-state index >= 15 is 0 Å². The van der Waals surface area contributed by atoms with Crippen LogP contribution >= 0.6 is 0 Å². The second-order valence-corrected chi connectivity index (χ2v) is 6.44. The van der Waals surface area contributed by atoms with E-state index in [0.29, 0.717) is 31.5 Å². The molecule has 27 heavy (non-hydrogen) atoms. The number of benzene rings is 2. The number of phenolic OH excluding ortho intramolecular Hbond substituents is 1. The largest absolute Gasteiger partial charge is 0.507 e. The van der Waals surface area contributed by atoms with Crippen LogP contribution < -0.4 is 5.32 Å². The van der Waals surface area contributed by atoms with Gasteiger partial charge in [-0.25, -0.2) is 4.79 Å². The summed E-state index contributed by atoms with van der Waals surface area (Å²) in [5.41, 5.74) is 0.624. The zero-order chi connectivity index (χ0) is 19.4. The maximum Gasteiger partial charge on any atom is 0.335 e. The number of para-hydroxylation sites is 1. The summed E-state index contributed by atoms with van der Waals surface area (Å²) in [4.78, 5) is 37.5. The van der Waals surface area contributed by atoms with Crippen molar-refractivity contribution < 1.29 is 24.6 Å². The van der Waals surface area contributed by atoms with Gasteiger partial charge in [-0.3, -0.25) is 9.59 Å². The number of piperidine rings is 1. The van der Waals surface area contributed by atoms with E-state index in [-0.39, 0.29) is 34.7 Å². The van der Waals surface area contributed by atoms with Gasteiger partial charge in [0.1, 0.15) is 5.75 Å². The van der Waals surface area contributed by atoms with Crippen LogP contribution in [0.4, 0.5) is 0 Å². The number of hydrogen-bond acceptors (Lipinski definition) is 4. The molecule has 0 radical (unpaired) electrons. The summed E-state index contributed by atoms with van der Waals surface area (Å²) in [6, 6.07) is 12.2. The van der Waals surface area contributed by atoms with E-state index in [1.54, 1.807) is 29.2 Å². The number of aromatic hydroxyl groups is 1. The molecule has 2 aromatic carbocycles. The van der Waals surface area contributed by atoms with Crippen molar-refractivity contribution in [3.8, 4) is 5.75 Å². The summed E-state index contributed by atoms with van der Waals surface area (Å²) >= 11 is 0. The van der Waals surface area contributed by atoms with E-state index in [9.17, 15) is 19.5 Å². The lowest BCUT2D eigenvalue weighted by Crippen LogP contribution is -2.46. The minimum absolute atomic E-state index is 0.0451. The minimum atomic E-state index is -1.08. The molecule has 3 rings (SSSR count). The lowest BCUT2D eigenvalue weighted by molar-refractivity contribution is 0.0687. The molecule has 1 fully saturated rings. The molecule has 1 aliphatic rings. The second kappa shape index (κ2) is 7.90. The fourth-order valence-electron chi connectivity index (χ4n) is 3.11. The predicted octanol–water partition coefficient (Wildman–Crippen LogP) is 2.12. The summed E-state index contributed by atoms with van der Waals surface area (Å²) in [5.74, 6) is -1.69. The normalized spacial score (nSPS) is 14.6. The van der Waals surface area contributed by atoms with Gasteiger partial charge in [-0.15, -0.1) is 0 Å². The molecule has 0 aliphatic carbocycles. The van der Waals surface area contributed by atoms with Crippen molar-refractivity contribution in [2.24, 2.45) is 0 Å². The zero-order valence-corrected chi connectivity index (χ0v) is 14.6. The van der Waals surface area contributed by atoms with Gasteiger partial charge in [0.15, 0.2) is 0 Å². The predicted molar refractivity (Wildman–Crippen MR) is 97.9 cm³/mol. The van der Waals surface area contributed by atoms with Gasteiger partial charge in [-0.1, -0.05) is 18.2 Å². The molecule has 0 saturated carbocycles. The smallest absolute Gasteiger partial charge is 0.335 e. The molecule has 0 unspecified atom stereocenters. The summed E-state index contributed by atoms with van der Waals surface area (Å²) in [7, 11) is 0. The van der Waals surface area contributed by atoms with Crippen molar-refractivity contribution in [3.05, 3.63) is 65.2 Å². The number of carboxylic acid groups (broad SMARTS) is 1. The van der Waals surface area contributed by atoms with Crippen LogP contribution in [0.2, 0.25) is 0 Å². The van der Waals surface area contributed by atoms with Crippen LogP contribution in [0, 0.1) is 0 Å². The molecular formula is C20H20N2O5. The highest BCUT2D eigenvalue weighted by molar-refractivity contribution is 5.98. The lowest BCUT2D eigenvalue weighted by atomic mass is 10.0. The maximum atomic E-state index is 12.5. The molecule has 1 aliphatic heterocycles. The van der Waals surface area contributed by atoms with E-state index < -0.39 is 5.97 Å². The van der Waals surface area contributed by atoms with Crippen molar-refractivity contribution in [1.29, 1.82) is 0 Å². The van der Waals surface area contributed by atoms with Crippen molar-refractivity contribution >= 4 is 17.8 Å². The number of nitrogens with zero attached hydrogens (tertiary/aromatic N) is 1. The highest BCUT2D eigenvalue weighted by Crippen LogP contribution is 2.20. The number of carbonyl (C=O) groups excluding carboxylic acids is 2. The monoisotopic (exact) mass is 368 g/mol. The third-order valence-electron chi connectivity index (χ3n) is 4.62. The summed E-state index contributed by atoms with van der Waals surface area (Å²) in [5, 5.41) is 21.7. The molecule has 1 saturated heterocycles. The van der Waals surface area contributed by atoms with E-state index in [0.717, 1.165) is 0 Å². The van der Waals surface area contributed by atoms with Crippen LogP contribution in [0.15, 0.2) is 48.5 Å². The van der Waals surface area contributed by atoms with Gasteiger partial charge in [0.2, 0.25) is 0 Å². The molecule has 0 atom stereocenters. The Bertz CT molecular complexity index is 872. The standard InChI is InChI=1S/C20H20N2O5/c23-17-7-2-1-6-16(17)19(25)22-10-8-15(9-11-22)21-18(24)13-4-3-5-14(12-13)20(26)27/h1-7,12,15,23H,8-11H2,(H,21,24)(H,26,27). The molecule has 3 N–H and O–H groups in total. The van der Waals surface area contributed by atoms with Crippen LogP contribution in [0.1, 0.15) is 43.9 Å². The number of carboxylic acids is 1. The average molecular weight is 368 g/mol. The molecular weight excluding hydrogens is 348 g/mol. The minimum Gasteiger partial charge on any atom is -0.507 e. The Balaban J connectivity index is 1.57. The van der Waals surface area contributed by atoms with E-state index in [4.69, 9.17) is 5.11 Å². The van der Waals surface area contributed by atoms with E-state index in [1.165, 1.54) is 24.3 Å². The number of aromatic carboxylic acids is 1. The number of carbonyl (C=O) groups is 3. The molecule has 0 aromatic heterocycles. The van der Waals surface area contributed by atoms with Crippen molar-refractivity contribution in [2.75, 3.05) is 13.1 Å². The average Bonchev–Trinajstić information content (AvgIpc) is 2.68. The van der Waals surface area contributed by atoms with Gasteiger partial charge in [0.05, 0.1) is 11.1 Å². The molecule has 0 bridgehead atoms. The number of amides is 2. The molecule has 0 spiro atoms. The fourth-order valence-corrected chi connectivity index (χ4v) is 3.11. The summed E-state index contributed by atoms with van der Waals surface area (Å²) < 4.78 is 0. The van der Waals surface area contributed by atoms with E-state index in [1.807, 2.05) is 0 Å². The number of hydrogen-bond donors (Lipinski definition) is 3. The van der Waals surface area contributed by atoms with Gasteiger partial charge >= 0.3 is 5.97 Å². The van der Waals surface area contributed by atoms with Crippen LogP contribution in [0.3, 0.4) is 0 Å². The molecule has 2 aromatic rings. The van der Waals surface area contributed by atoms with Crippen LogP contribution in [0.5, 0.6) is 5.75 Å². The Morgan fingerprint density at radius 3 is 2.30 bits per heavy atom. The first-order chi connectivity index (χ1) is 13.0. The Morgan fingerprint density at radius 1 is 0.963 bits per heavy atom. The first-order valence-corrected chi connectivity index (χ1v) is 8.67. The Kier molecular flexibility index (Phi) is 5.40. The molecule has 7 nitrogen and oxygen atoms in total. The SMILES string of the molecule is O=C(O)c1cccc(C(=O)NC2CCN(C(=O)c3ccccc3O)CC2)c1. The number of phenols is 1. The maximum absolute atomic E-state index is 12.5. The Hall–Kier alpha value is -3.35. The number of likely N-dealkylation sites (tertiary alicyclic amines) is 1. The van der Waals surface area contributed by atoms with Crippen molar-refractivity contribution in [3.63, 3.8) is 0 Å². The van der Waals surface area contributed by atoms with Gasteiger partial charge < -0.3 is 20.4 Å². The summed E-state index contributed by atoms with van der Waals surface area (Å²) in [6.45, 7) is 0.931. The highest BCUT2D eigenvalue weighted by Gasteiger charge is 2.26. The van der Waals surface area contributed by atoms with Crippen molar-refractivity contribution in [2.45, 2.75) is 18.9 Å². The molecule has 2 amide bonds. The highest BCUT2D eigenvalue weighted by atomic mass is 16.4. The molecule has 7 heteroatoms. The first-order valence-electron chi connectivity index (χ1n) is 8.67. The van der Waals surface area contributed by atoms with Gasteiger partial charge in [0.25, 0.3) is 11.8 Å².